The number of ether oxygens (including phenoxy) is 2. The smallest absolute Gasteiger partial charge is 0.267 e. The second-order valence-electron chi connectivity index (χ2n) is 5.05. The van der Waals surface area contributed by atoms with Gasteiger partial charge in [-0.3, -0.25) is 4.79 Å². The van der Waals surface area contributed by atoms with Gasteiger partial charge in [-0.25, -0.2) is 0 Å². The molecule has 0 radical (unpaired) electrons. The van der Waals surface area contributed by atoms with Gasteiger partial charge in [0.25, 0.3) is 5.91 Å². The third-order valence-electron chi connectivity index (χ3n) is 3.89. The van der Waals surface area contributed by atoms with Crippen molar-refractivity contribution < 1.29 is 14.3 Å². The molecule has 7 heteroatoms. The molecule has 1 amide bonds. The van der Waals surface area contributed by atoms with Crippen LogP contribution in [0.5, 0.6) is 11.5 Å². The molecule has 116 valence electrons. The highest BCUT2D eigenvalue weighted by atomic mass is 32.1. The second kappa shape index (κ2) is 6.31. The van der Waals surface area contributed by atoms with Crippen LogP contribution in [0.1, 0.15) is 34.1 Å². The lowest BCUT2D eigenvalue weighted by molar-refractivity contribution is 0.0739. The highest BCUT2D eigenvalue weighted by Crippen LogP contribution is 2.39. The van der Waals surface area contributed by atoms with E-state index in [2.05, 4.69) is 9.59 Å². The first-order valence-electron chi connectivity index (χ1n) is 7.05. The van der Waals surface area contributed by atoms with Crippen molar-refractivity contribution in [2.45, 2.75) is 18.9 Å². The molecule has 1 aliphatic rings. The average molecular weight is 319 g/mol. The highest BCUT2D eigenvalue weighted by molar-refractivity contribution is 7.07. The van der Waals surface area contributed by atoms with Gasteiger partial charge in [0.15, 0.2) is 0 Å². The topological polar surface area (TPSA) is 64.5 Å². The van der Waals surface area contributed by atoms with Gasteiger partial charge < -0.3 is 14.4 Å². The average Bonchev–Trinajstić information content (AvgIpc) is 3.24. The van der Waals surface area contributed by atoms with E-state index in [0.717, 1.165) is 48.0 Å². The number of benzene rings is 1. The lowest BCUT2D eigenvalue weighted by Gasteiger charge is -2.26. The van der Waals surface area contributed by atoms with Gasteiger partial charge in [-0.1, -0.05) is 4.49 Å². The normalized spacial score (nSPS) is 17.5. The van der Waals surface area contributed by atoms with Crippen LogP contribution in [0.25, 0.3) is 0 Å². The van der Waals surface area contributed by atoms with Gasteiger partial charge in [-0.05, 0) is 36.5 Å². The number of hydrogen-bond acceptors (Lipinski definition) is 6. The Hall–Kier alpha value is -2.15. The minimum atomic E-state index is -0.0182. The molecule has 22 heavy (non-hydrogen) atoms. The van der Waals surface area contributed by atoms with E-state index in [1.165, 1.54) is 6.20 Å². The number of methoxy groups -OCH3 is 2. The summed E-state index contributed by atoms with van der Waals surface area (Å²) in [5.41, 5.74) is 1.01. The summed E-state index contributed by atoms with van der Waals surface area (Å²) >= 11 is 1.13. The second-order valence-corrected chi connectivity index (χ2v) is 5.83. The third-order valence-corrected chi connectivity index (χ3v) is 4.54. The molecule has 0 bridgehead atoms. The van der Waals surface area contributed by atoms with Crippen LogP contribution in [-0.2, 0) is 0 Å². The Morgan fingerprint density at radius 2 is 2.23 bits per heavy atom. The monoisotopic (exact) mass is 319 g/mol. The van der Waals surface area contributed by atoms with Gasteiger partial charge >= 0.3 is 0 Å². The molecule has 0 spiro atoms. The maximum Gasteiger partial charge on any atom is 0.267 e. The van der Waals surface area contributed by atoms with E-state index in [1.807, 2.05) is 23.1 Å². The quantitative estimate of drug-likeness (QED) is 0.866. The van der Waals surface area contributed by atoms with Gasteiger partial charge in [0.2, 0.25) is 0 Å². The Bertz CT molecular complexity index is 660. The van der Waals surface area contributed by atoms with Crippen molar-refractivity contribution in [1.29, 1.82) is 0 Å². The van der Waals surface area contributed by atoms with Crippen molar-refractivity contribution in [2.24, 2.45) is 0 Å². The van der Waals surface area contributed by atoms with E-state index in [1.54, 1.807) is 14.2 Å². The molecular formula is C15H17N3O3S. The lowest BCUT2D eigenvalue weighted by atomic mass is 10.0. The van der Waals surface area contributed by atoms with Crippen LogP contribution in [-0.4, -0.2) is 41.2 Å². The van der Waals surface area contributed by atoms with Crippen molar-refractivity contribution in [3.63, 3.8) is 0 Å². The standard InChI is InChI=1S/C15H17N3O3S/c1-20-10-5-6-11(13(8-10)21-2)12-4-3-7-18(12)15(19)14-9-16-17-22-14/h5-6,8-9,12H,3-4,7H2,1-2H3. The van der Waals surface area contributed by atoms with E-state index in [9.17, 15) is 4.79 Å². The number of carbonyl (C=O) groups is 1. The maximum atomic E-state index is 12.6. The van der Waals surface area contributed by atoms with Gasteiger partial charge in [0, 0.05) is 18.2 Å². The van der Waals surface area contributed by atoms with Crippen molar-refractivity contribution >= 4 is 17.4 Å². The SMILES string of the molecule is COc1ccc(C2CCCN2C(=O)c2cnns2)c(OC)c1. The molecule has 1 fully saturated rings. The summed E-state index contributed by atoms with van der Waals surface area (Å²) in [6.07, 6.45) is 3.41. The third kappa shape index (κ3) is 2.64. The van der Waals surface area contributed by atoms with E-state index in [4.69, 9.17) is 9.47 Å². The van der Waals surface area contributed by atoms with Crippen LogP contribution in [0.3, 0.4) is 0 Å². The van der Waals surface area contributed by atoms with Crippen molar-refractivity contribution in [1.82, 2.24) is 14.5 Å². The number of nitrogens with zero attached hydrogens (tertiary/aromatic N) is 3. The van der Waals surface area contributed by atoms with Gasteiger partial charge in [0.05, 0.1) is 26.5 Å². The van der Waals surface area contributed by atoms with Gasteiger partial charge in [-0.15, -0.1) is 5.10 Å². The number of aromatic nitrogens is 2. The number of likely N-dealkylation sites (tertiary alicyclic amines) is 1. The molecule has 1 saturated heterocycles. The van der Waals surface area contributed by atoms with Crippen LogP contribution in [0, 0.1) is 0 Å². The van der Waals surface area contributed by atoms with Crippen LogP contribution in [0.15, 0.2) is 24.4 Å². The molecule has 6 nitrogen and oxygen atoms in total. The summed E-state index contributed by atoms with van der Waals surface area (Å²) in [6, 6.07) is 5.73. The minimum Gasteiger partial charge on any atom is -0.497 e. The molecule has 0 aliphatic carbocycles. The van der Waals surface area contributed by atoms with E-state index in [0.29, 0.717) is 4.88 Å². The molecule has 1 aromatic heterocycles. The molecule has 0 N–H and O–H groups in total. The zero-order chi connectivity index (χ0) is 15.5. The largest absolute Gasteiger partial charge is 0.497 e. The predicted molar refractivity (Wildman–Crippen MR) is 82.5 cm³/mol. The van der Waals surface area contributed by atoms with Crippen LogP contribution < -0.4 is 9.47 Å². The number of carbonyl (C=O) groups excluding carboxylic acids is 1. The lowest BCUT2D eigenvalue weighted by Crippen LogP contribution is -2.30. The molecule has 0 saturated carbocycles. The van der Waals surface area contributed by atoms with E-state index >= 15 is 0 Å². The fourth-order valence-electron chi connectivity index (χ4n) is 2.83. The molecule has 2 heterocycles. The van der Waals surface area contributed by atoms with Gasteiger partial charge in [-0.2, -0.15) is 0 Å². The summed E-state index contributed by atoms with van der Waals surface area (Å²) in [5.74, 6) is 1.46. The Kier molecular flexibility index (Phi) is 4.24. The summed E-state index contributed by atoms with van der Waals surface area (Å²) in [7, 11) is 3.25. The van der Waals surface area contributed by atoms with Gasteiger partial charge in [0.1, 0.15) is 16.4 Å². The number of hydrogen-bond donors (Lipinski definition) is 0. The Morgan fingerprint density at radius 1 is 1.36 bits per heavy atom. The fraction of sp³-hybridized carbons (Fsp3) is 0.400. The first-order valence-corrected chi connectivity index (χ1v) is 7.82. The molecular weight excluding hydrogens is 302 g/mol. The predicted octanol–water partition coefficient (Wildman–Crippen LogP) is 2.53. The highest BCUT2D eigenvalue weighted by Gasteiger charge is 2.33. The van der Waals surface area contributed by atoms with Crippen molar-refractivity contribution in [3.05, 3.63) is 34.8 Å². The van der Waals surface area contributed by atoms with Crippen molar-refractivity contribution in [3.8, 4) is 11.5 Å². The summed E-state index contributed by atoms with van der Waals surface area (Å²) in [4.78, 5) is 15.0. The first-order chi connectivity index (χ1) is 10.7. The first kappa shape index (κ1) is 14.8. The van der Waals surface area contributed by atoms with Crippen LogP contribution in [0.4, 0.5) is 0 Å². The maximum absolute atomic E-state index is 12.6. The molecule has 3 rings (SSSR count). The zero-order valence-corrected chi connectivity index (χ0v) is 13.3. The molecule has 1 aromatic carbocycles. The molecule has 1 atom stereocenters. The molecule has 1 aliphatic heterocycles. The van der Waals surface area contributed by atoms with Crippen LogP contribution in [0.2, 0.25) is 0 Å². The van der Waals surface area contributed by atoms with Crippen molar-refractivity contribution in [2.75, 3.05) is 20.8 Å². The summed E-state index contributed by atoms with van der Waals surface area (Å²) < 4.78 is 14.5. The Labute approximate surface area is 132 Å². The Balaban J connectivity index is 1.91. The van der Waals surface area contributed by atoms with E-state index < -0.39 is 0 Å². The number of amides is 1. The molecule has 1 unspecified atom stereocenters. The van der Waals surface area contributed by atoms with Crippen LogP contribution >= 0.6 is 11.5 Å². The summed E-state index contributed by atoms with van der Waals surface area (Å²) in [5, 5.41) is 3.75. The number of rotatable bonds is 4. The zero-order valence-electron chi connectivity index (χ0n) is 12.5. The van der Waals surface area contributed by atoms with E-state index in [-0.39, 0.29) is 11.9 Å². The Morgan fingerprint density at radius 3 is 2.91 bits per heavy atom. The summed E-state index contributed by atoms with van der Waals surface area (Å²) in [6.45, 7) is 0.733. The minimum absolute atomic E-state index is 0.00968. The fourth-order valence-corrected chi connectivity index (χ4v) is 3.30. The molecule has 2 aromatic rings.